The Labute approximate surface area is 126 Å². The maximum absolute atomic E-state index is 6.13. The Morgan fingerprint density at radius 2 is 1.89 bits per heavy atom. The monoisotopic (exact) mass is 327 g/mol. The minimum Gasteiger partial charge on any atom is -0.490 e. The van der Waals surface area contributed by atoms with Crippen LogP contribution in [0.15, 0.2) is 22.7 Å². The smallest absolute Gasteiger partial charge is 0.125 e. The summed E-state index contributed by atoms with van der Waals surface area (Å²) in [6.07, 6.45) is 1.31. The van der Waals surface area contributed by atoms with Gasteiger partial charge in [0.25, 0.3) is 0 Å². The molecular formula is C16H26BrNO. The standard InChI is InChI=1S/C16H26BrNO/c1-6-18-13(5)15-8-7-14(17)10-16(15)19-12(4)9-11(2)3/h7-8,10-13,18H,6,9H2,1-5H3. The summed E-state index contributed by atoms with van der Waals surface area (Å²) in [6.45, 7) is 11.8. The third-order valence-electron chi connectivity index (χ3n) is 3.08. The Morgan fingerprint density at radius 3 is 2.47 bits per heavy atom. The van der Waals surface area contributed by atoms with Crippen LogP contribution in [0.1, 0.15) is 52.6 Å². The van der Waals surface area contributed by atoms with Gasteiger partial charge in [0.1, 0.15) is 5.75 Å². The molecule has 0 spiro atoms. The molecule has 0 aromatic heterocycles. The van der Waals surface area contributed by atoms with Crippen molar-refractivity contribution in [2.75, 3.05) is 6.54 Å². The first-order valence-corrected chi connectivity index (χ1v) is 7.92. The molecule has 2 unspecified atom stereocenters. The van der Waals surface area contributed by atoms with Crippen molar-refractivity contribution in [2.24, 2.45) is 5.92 Å². The van der Waals surface area contributed by atoms with Crippen molar-refractivity contribution in [3.8, 4) is 5.75 Å². The first kappa shape index (κ1) is 16.5. The number of hydrogen-bond donors (Lipinski definition) is 1. The number of ether oxygens (including phenoxy) is 1. The Hall–Kier alpha value is -0.540. The molecule has 1 aromatic rings. The maximum atomic E-state index is 6.13. The summed E-state index contributed by atoms with van der Waals surface area (Å²) in [7, 11) is 0. The van der Waals surface area contributed by atoms with E-state index in [4.69, 9.17) is 4.74 Å². The van der Waals surface area contributed by atoms with E-state index in [0.29, 0.717) is 12.0 Å². The highest BCUT2D eigenvalue weighted by atomic mass is 79.9. The van der Waals surface area contributed by atoms with Gasteiger partial charge in [-0.25, -0.2) is 0 Å². The minimum atomic E-state index is 0.238. The molecule has 0 aliphatic rings. The summed E-state index contributed by atoms with van der Waals surface area (Å²) in [5.41, 5.74) is 1.22. The lowest BCUT2D eigenvalue weighted by Gasteiger charge is -2.22. The number of nitrogens with one attached hydrogen (secondary N) is 1. The molecule has 0 aliphatic carbocycles. The fourth-order valence-corrected chi connectivity index (χ4v) is 2.65. The van der Waals surface area contributed by atoms with Crippen LogP contribution in [0.5, 0.6) is 5.75 Å². The van der Waals surface area contributed by atoms with E-state index in [1.807, 2.05) is 0 Å². The van der Waals surface area contributed by atoms with E-state index in [0.717, 1.165) is 23.2 Å². The summed E-state index contributed by atoms with van der Waals surface area (Å²) >= 11 is 3.52. The average molecular weight is 328 g/mol. The molecule has 0 aliphatic heterocycles. The van der Waals surface area contributed by atoms with Crippen LogP contribution in [0.3, 0.4) is 0 Å². The van der Waals surface area contributed by atoms with Gasteiger partial charge in [-0.2, -0.15) is 0 Å². The highest BCUT2D eigenvalue weighted by molar-refractivity contribution is 9.10. The summed E-state index contributed by atoms with van der Waals surface area (Å²) < 4.78 is 7.20. The molecule has 0 saturated heterocycles. The molecule has 0 amide bonds. The van der Waals surface area contributed by atoms with Gasteiger partial charge in [0.05, 0.1) is 6.10 Å². The van der Waals surface area contributed by atoms with Crippen LogP contribution in [0.4, 0.5) is 0 Å². The molecule has 1 aromatic carbocycles. The van der Waals surface area contributed by atoms with Crippen LogP contribution >= 0.6 is 15.9 Å². The lowest BCUT2D eigenvalue weighted by atomic mass is 10.1. The molecule has 1 N–H and O–H groups in total. The van der Waals surface area contributed by atoms with Gasteiger partial charge in [0, 0.05) is 16.1 Å². The molecule has 1 rings (SSSR count). The lowest BCUT2D eigenvalue weighted by molar-refractivity contribution is 0.190. The molecule has 0 radical (unpaired) electrons. The number of benzene rings is 1. The molecule has 0 bridgehead atoms. The second-order valence-electron chi connectivity index (χ2n) is 5.52. The van der Waals surface area contributed by atoms with Gasteiger partial charge in [-0.1, -0.05) is 42.8 Å². The van der Waals surface area contributed by atoms with E-state index >= 15 is 0 Å². The summed E-state index contributed by atoms with van der Waals surface area (Å²) in [5, 5.41) is 3.44. The van der Waals surface area contributed by atoms with E-state index in [-0.39, 0.29) is 6.10 Å². The average Bonchev–Trinajstić information content (AvgIpc) is 2.27. The Kier molecular flexibility index (Phi) is 6.87. The highest BCUT2D eigenvalue weighted by Crippen LogP contribution is 2.30. The molecule has 2 atom stereocenters. The molecular weight excluding hydrogens is 302 g/mol. The third kappa shape index (κ3) is 5.53. The van der Waals surface area contributed by atoms with Crippen molar-refractivity contribution in [3.05, 3.63) is 28.2 Å². The zero-order valence-electron chi connectivity index (χ0n) is 12.7. The van der Waals surface area contributed by atoms with E-state index < -0.39 is 0 Å². The van der Waals surface area contributed by atoms with Crippen molar-refractivity contribution in [1.29, 1.82) is 0 Å². The van der Waals surface area contributed by atoms with Gasteiger partial charge >= 0.3 is 0 Å². The molecule has 108 valence electrons. The quantitative estimate of drug-likeness (QED) is 0.766. The zero-order valence-corrected chi connectivity index (χ0v) is 14.3. The molecule has 0 fully saturated rings. The number of rotatable bonds is 7. The van der Waals surface area contributed by atoms with Crippen molar-refractivity contribution < 1.29 is 4.74 Å². The van der Waals surface area contributed by atoms with E-state index in [1.54, 1.807) is 0 Å². The van der Waals surface area contributed by atoms with Gasteiger partial charge in [-0.05, 0) is 44.9 Å². The van der Waals surface area contributed by atoms with Gasteiger partial charge in [0.15, 0.2) is 0 Å². The van der Waals surface area contributed by atoms with Crippen LogP contribution < -0.4 is 10.1 Å². The SMILES string of the molecule is CCNC(C)c1ccc(Br)cc1OC(C)CC(C)C. The third-order valence-corrected chi connectivity index (χ3v) is 3.58. The highest BCUT2D eigenvalue weighted by Gasteiger charge is 2.14. The van der Waals surface area contributed by atoms with Crippen LogP contribution in [-0.2, 0) is 0 Å². The molecule has 19 heavy (non-hydrogen) atoms. The van der Waals surface area contributed by atoms with Crippen molar-refractivity contribution >= 4 is 15.9 Å². The fourth-order valence-electron chi connectivity index (χ4n) is 2.31. The topological polar surface area (TPSA) is 21.3 Å². The lowest BCUT2D eigenvalue weighted by Crippen LogP contribution is -2.20. The first-order chi connectivity index (χ1) is 8.93. The first-order valence-electron chi connectivity index (χ1n) is 7.13. The van der Waals surface area contributed by atoms with Crippen LogP contribution in [-0.4, -0.2) is 12.6 Å². The number of halogens is 1. The zero-order chi connectivity index (χ0) is 14.4. The van der Waals surface area contributed by atoms with Crippen LogP contribution in [0.25, 0.3) is 0 Å². The Morgan fingerprint density at radius 1 is 1.21 bits per heavy atom. The predicted octanol–water partition coefficient (Wildman–Crippen LogP) is 4.93. The Balaban J connectivity index is 2.87. The molecule has 2 nitrogen and oxygen atoms in total. The van der Waals surface area contributed by atoms with Crippen molar-refractivity contribution in [3.63, 3.8) is 0 Å². The Bertz CT molecular complexity index is 392. The van der Waals surface area contributed by atoms with Crippen molar-refractivity contribution in [1.82, 2.24) is 5.32 Å². The number of hydrogen-bond acceptors (Lipinski definition) is 2. The second-order valence-corrected chi connectivity index (χ2v) is 6.44. The van der Waals surface area contributed by atoms with Gasteiger partial charge in [-0.3, -0.25) is 0 Å². The van der Waals surface area contributed by atoms with Crippen LogP contribution in [0, 0.1) is 5.92 Å². The molecule has 0 heterocycles. The van der Waals surface area contributed by atoms with Crippen LogP contribution in [0.2, 0.25) is 0 Å². The second kappa shape index (κ2) is 7.91. The molecule has 0 saturated carbocycles. The predicted molar refractivity (Wildman–Crippen MR) is 85.8 cm³/mol. The summed E-state index contributed by atoms with van der Waals surface area (Å²) in [5.74, 6) is 1.63. The summed E-state index contributed by atoms with van der Waals surface area (Å²) in [4.78, 5) is 0. The van der Waals surface area contributed by atoms with E-state index in [1.165, 1.54) is 5.56 Å². The fraction of sp³-hybridized carbons (Fsp3) is 0.625. The van der Waals surface area contributed by atoms with Gasteiger partial charge in [-0.15, -0.1) is 0 Å². The maximum Gasteiger partial charge on any atom is 0.125 e. The largest absolute Gasteiger partial charge is 0.490 e. The summed E-state index contributed by atoms with van der Waals surface area (Å²) in [6, 6.07) is 6.58. The van der Waals surface area contributed by atoms with E-state index in [2.05, 4.69) is 74.1 Å². The van der Waals surface area contributed by atoms with Crippen molar-refractivity contribution in [2.45, 2.75) is 53.2 Å². The van der Waals surface area contributed by atoms with Gasteiger partial charge < -0.3 is 10.1 Å². The minimum absolute atomic E-state index is 0.238. The molecule has 3 heteroatoms. The van der Waals surface area contributed by atoms with E-state index in [9.17, 15) is 0 Å². The normalized spacial score (nSPS) is 14.5. The van der Waals surface area contributed by atoms with Gasteiger partial charge in [0.2, 0.25) is 0 Å².